The number of aromatic nitrogens is 6. The third-order valence-corrected chi connectivity index (χ3v) is 4.52. The number of carbonyl (C=O) groups is 1. The van der Waals surface area contributed by atoms with E-state index in [0.29, 0.717) is 13.1 Å². The van der Waals surface area contributed by atoms with Crippen molar-refractivity contribution in [3.8, 4) is 10.6 Å². The lowest BCUT2D eigenvalue weighted by atomic mass is 10.1. The quantitative estimate of drug-likeness (QED) is 0.768. The predicted octanol–water partition coefficient (Wildman–Crippen LogP) is 0.710. The Morgan fingerprint density at radius 3 is 3.14 bits per heavy atom. The first-order valence-corrected chi connectivity index (χ1v) is 7.78. The number of fused-ring (bicyclic) bond motifs is 1. The van der Waals surface area contributed by atoms with E-state index < -0.39 is 0 Å². The number of nitrogens with one attached hydrogen (secondary N) is 1. The number of rotatable bonds is 3. The number of aromatic amines is 1. The summed E-state index contributed by atoms with van der Waals surface area (Å²) in [6.45, 7) is 1.34. The van der Waals surface area contributed by atoms with E-state index in [1.807, 2.05) is 17.5 Å². The van der Waals surface area contributed by atoms with Crippen LogP contribution >= 0.6 is 11.3 Å². The van der Waals surface area contributed by atoms with E-state index in [1.165, 1.54) is 0 Å². The highest BCUT2D eigenvalue weighted by atomic mass is 32.1. The fourth-order valence-electron chi connectivity index (χ4n) is 2.47. The maximum Gasteiger partial charge on any atom is 0.244 e. The Morgan fingerprint density at radius 1 is 1.36 bits per heavy atom. The Bertz CT molecular complexity index is 791. The number of thiophene rings is 1. The number of H-pyrrole nitrogens is 1. The van der Waals surface area contributed by atoms with Crippen molar-refractivity contribution in [3.05, 3.63) is 35.1 Å². The van der Waals surface area contributed by atoms with Crippen LogP contribution in [0.5, 0.6) is 0 Å². The van der Waals surface area contributed by atoms with Gasteiger partial charge in [0, 0.05) is 13.0 Å². The molecule has 0 aromatic carbocycles. The highest BCUT2D eigenvalue weighted by molar-refractivity contribution is 7.13. The number of nitrogens with zero attached hydrogens (tertiary/aromatic N) is 6. The lowest BCUT2D eigenvalue weighted by Gasteiger charge is -2.25. The number of amides is 1. The van der Waals surface area contributed by atoms with Gasteiger partial charge in [0.1, 0.15) is 17.9 Å². The molecule has 4 rings (SSSR count). The summed E-state index contributed by atoms with van der Waals surface area (Å²) in [5.74, 6) is 0.0104. The van der Waals surface area contributed by atoms with E-state index >= 15 is 0 Å². The van der Waals surface area contributed by atoms with Crippen molar-refractivity contribution in [2.24, 2.45) is 0 Å². The molecule has 1 N–H and O–H groups in total. The van der Waals surface area contributed by atoms with Crippen molar-refractivity contribution in [1.29, 1.82) is 0 Å². The fraction of sp³-hybridized carbons (Fsp3) is 0.308. The van der Waals surface area contributed by atoms with E-state index in [1.54, 1.807) is 27.1 Å². The summed E-state index contributed by atoms with van der Waals surface area (Å²) in [4.78, 5) is 15.2. The number of hydrogen-bond donors (Lipinski definition) is 1. The second-order valence-electron chi connectivity index (χ2n) is 5.06. The van der Waals surface area contributed by atoms with Crippen LogP contribution in [0.1, 0.15) is 11.4 Å². The van der Waals surface area contributed by atoms with Crippen molar-refractivity contribution in [2.75, 3.05) is 6.54 Å². The highest BCUT2D eigenvalue weighted by Crippen LogP contribution is 2.21. The predicted molar refractivity (Wildman–Crippen MR) is 78.8 cm³/mol. The first kappa shape index (κ1) is 13.1. The number of hydrogen-bond acceptors (Lipinski definition) is 6. The van der Waals surface area contributed by atoms with Gasteiger partial charge >= 0.3 is 0 Å². The van der Waals surface area contributed by atoms with Crippen molar-refractivity contribution in [2.45, 2.75) is 19.5 Å². The zero-order chi connectivity index (χ0) is 14.9. The Kier molecular flexibility index (Phi) is 3.19. The Labute approximate surface area is 129 Å². The highest BCUT2D eigenvalue weighted by Gasteiger charge is 2.23. The molecule has 0 unspecified atom stereocenters. The summed E-state index contributed by atoms with van der Waals surface area (Å²) in [6.07, 6.45) is 2.53. The molecule has 0 atom stereocenters. The molecule has 1 amide bonds. The Balaban J connectivity index is 1.44. The van der Waals surface area contributed by atoms with E-state index in [-0.39, 0.29) is 12.5 Å². The molecule has 3 aromatic rings. The molecule has 0 radical (unpaired) electrons. The molecule has 1 aliphatic rings. The molecule has 1 aliphatic heterocycles. The van der Waals surface area contributed by atoms with Gasteiger partial charge in [0.05, 0.1) is 23.3 Å². The van der Waals surface area contributed by atoms with Gasteiger partial charge in [-0.05, 0) is 11.4 Å². The molecule has 22 heavy (non-hydrogen) atoms. The molecule has 112 valence electrons. The van der Waals surface area contributed by atoms with Crippen LogP contribution in [0.25, 0.3) is 10.6 Å². The van der Waals surface area contributed by atoms with E-state index in [2.05, 4.69) is 25.7 Å². The van der Waals surface area contributed by atoms with Crippen molar-refractivity contribution in [3.63, 3.8) is 0 Å². The lowest BCUT2D eigenvalue weighted by molar-refractivity contribution is -0.133. The van der Waals surface area contributed by atoms with E-state index in [0.717, 1.165) is 28.4 Å². The molecule has 0 aliphatic carbocycles. The largest absolute Gasteiger partial charge is 0.335 e. The van der Waals surface area contributed by atoms with Gasteiger partial charge < -0.3 is 4.90 Å². The Morgan fingerprint density at radius 2 is 2.27 bits per heavy atom. The first-order valence-electron chi connectivity index (χ1n) is 6.90. The van der Waals surface area contributed by atoms with Gasteiger partial charge in [0.25, 0.3) is 0 Å². The van der Waals surface area contributed by atoms with Crippen molar-refractivity contribution < 1.29 is 4.79 Å². The fourth-order valence-corrected chi connectivity index (χ4v) is 3.14. The number of carbonyl (C=O) groups excluding carboxylic acids is 1. The van der Waals surface area contributed by atoms with Crippen LogP contribution in [0.2, 0.25) is 0 Å². The van der Waals surface area contributed by atoms with E-state index in [9.17, 15) is 4.79 Å². The molecule has 0 saturated heterocycles. The van der Waals surface area contributed by atoms with Gasteiger partial charge in [-0.1, -0.05) is 11.3 Å². The molecule has 0 saturated carbocycles. The molecule has 4 heterocycles. The summed E-state index contributed by atoms with van der Waals surface area (Å²) in [5.41, 5.74) is 2.59. The molecule has 9 heteroatoms. The van der Waals surface area contributed by atoms with Crippen LogP contribution in [0, 0.1) is 0 Å². The maximum absolute atomic E-state index is 12.4. The average molecular weight is 315 g/mol. The minimum Gasteiger partial charge on any atom is -0.335 e. The van der Waals surface area contributed by atoms with Crippen LogP contribution in [0.4, 0.5) is 0 Å². The van der Waals surface area contributed by atoms with Crippen LogP contribution in [0.3, 0.4) is 0 Å². The second-order valence-corrected chi connectivity index (χ2v) is 6.01. The Hall–Kier alpha value is -2.55. The molecule has 8 nitrogen and oxygen atoms in total. The summed E-state index contributed by atoms with van der Waals surface area (Å²) in [5, 5.41) is 20.9. The maximum atomic E-state index is 12.4. The van der Waals surface area contributed by atoms with Crippen LogP contribution in [-0.4, -0.2) is 47.8 Å². The summed E-state index contributed by atoms with van der Waals surface area (Å²) < 4.78 is 1.58. The normalized spacial score (nSPS) is 14.1. The summed E-state index contributed by atoms with van der Waals surface area (Å²) in [7, 11) is 0. The second kappa shape index (κ2) is 5.34. The molecular weight excluding hydrogens is 302 g/mol. The molecule has 3 aromatic heterocycles. The lowest BCUT2D eigenvalue weighted by Crippen LogP contribution is -2.38. The zero-order valence-electron chi connectivity index (χ0n) is 11.6. The van der Waals surface area contributed by atoms with E-state index in [4.69, 9.17) is 0 Å². The molecule has 0 fully saturated rings. The molecular formula is C13H13N7OS. The van der Waals surface area contributed by atoms with Gasteiger partial charge in [-0.25, -0.2) is 4.68 Å². The average Bonchev–Trinajstić information content (AvgIpc) is 3.27. The summed E-state index contributed by atoms with van der Waals surface area (Å²) >= 11 is 1.60. The standard InChI is InChI=1S/C13H13N7OS/c21-13(19-4-3-9-10(6-19)15-17-14-9)8-20-7-11(16-18-20)12-2-1-5-22-12/h1-2,5,7H,3-4,6,8H2,(H,14,15,17). The topological polar surface area (TPSA) is 92.6 Å². The molecule has 0 spiro atoms. The monoisotopic (exact) mass is 315 g/mol. The first-order chi connectivity index (χ1) is 10.8. The minimum atomic E-state index is 0.0104. The van der Waals surface area contributed by atoms with Crippen molar-refractivity contribution >= 4 is 17.2 Å². The third kappa shape index (κ3) is 2.39. The van der Waals surface area contributed by atoms with Gasteiger partial charge in [-0.2, -0.15) is 15.4 Å². The van der Waals surface area contributed by atoms with Gasteiger partial charge in [0.2, 0.25) is 5.91 Å². The van der Waals surface area contributed by atoms with Gasteiger partial charge in [-0.15, -0.1) is 16.4 Å². The van der Waals surface area contributed by atoms with Gasteiger partial charge in [0.15, 0.2) is 0 Å². The third-order valence-electron chi connectivity index (χ3n) is 3.62. The van der Waals surface area contributed by atoms with Crippen LogP contribution in [0.15, 0.2) is 23.7 Å². The minimum absolute atomic E-state index is 0.0104. The summed E-state index contributed by atoms with van der Waals surface area (Å²) in [6, 6.07) is 3.95. The van der Waals surface area contributed by atoms with Crippen molar-refractivity contribution in [1.82, 2.24) is 35.3 Å². The van der Waals surface area contributed by atoms with Crippen LogP contribution in [-0.2, 0) is 24.3 Å². The SMILES string of the molecule is O=C(Cn1cc(-c2cccs2)nn1)N1CCc2n[nH]nc2C1. The van der Waals surface area contributed by atoms with Gasteiger partial charge in [-0.3, -0.25) is 4.79 Å². The molecule has 0 bridgehead atoms. The smallest absolute Gasteiger partial charge is 0.244 e. The van der Waals surface area contributed by atoms with Crippen LogP contribution < -0.4 is 0 Å². The zero-order valence-corrected chi connectivity index (χ0v) is 12.5.